The molecular formula is C19H28N4O2S. The summed E-state index contributed by atoms with van der Waals surface area (Å²) in [5, 5.41) is 10.1. The number of aromatic hydroxyl groups is 1. The largest absolute Gasteiger partial charge is 0.507 e. The zero-order valence-electron chi connectivity index (χ0n) is 16.2. The lowest BCUT2D eigenvalue weighted by Crippen LogP contribution is -2.35. The van der Waals surface area contributed by atoms with E-state index in [1.54, 1.807) is 18.2 Å². The van der Waals surface area contributed by atoms with Crippen molar-refractivity contribution in [3.63, 3.8) is 0 Å². The number of benzene rings is 1. The SMILES string of the molecule is CC.CCS(=O)N1CCc2c(nc(-c3ccccc3O)nc2N(C)C)C1. The molecule has 3 rings (SSSR count). The highest BCUT2D eigenvalue weighted by Gasteiger charge is 2.26. The van der Waals surface area contributed by atoms with E-state index in [1.165, 1.54) is 0 Å². The first-order chi connectivity index (χ1) is 12.5. The van der Waals surface area contributed by atoms with Crippen molar-refractivity contribution in [2.75, 3.05) is 31.3 Å². The van der Waals surface area contributed by atoms with Crippen LogP contribution in [0.5, 0.6) is 5.75 Å². The van der Waals surface area contributed by atoms with Gasteiger partial charge in [0, 0.05) is 32.0 Å². The molecule has 26 heavy (non-hydrogen) atoms. The van der Waals surface area contributed by atoms with Gasteiger partial charge in [0.05, 0.1) is 28.8 Å². The second-order valence-electron chi connectivity index (χ2n) is 5.93. The molecule has 0 saturated carbocycles. The van der Waals surface area contributed by atoms with E-state index in [0.29, 0.717) is 23.7 Å². The summed E-state index contributed by atoms with van der Waals surface area (Å²) < 4.78 is 14.1. The predicted octanol–water partition coefficient (Wildman–Crippen LogP) is 2.98. The van der Waals surface area contributed by atoms with E-state index in [1.807, 2.05) is 50.1 Å². The number of aromatic nitrogens is 2. The Morgan fingerprint density at radius 2 is 1.92 bits per heavy atom. The molecule has 0 amide bonds. The van der Waals surface area contributed by atoms with Crippen molar-refractivity contribution in [3.8, 4) is 17.1 Å². The molecule has 6 nitrogen and oxygen atoms in total. The van der Waals surface area contributed by atoms with Crippen molar-refractivity contribution >= 4 is 16.8 Å². The minimum Gasteiger partial charge on any atom is -0.507 e. The predicted molar refractivity (Wildman–Crippen MR) is 108 cm³/mol. The lowest BCUT2D eigenvalue weighted by Gasteiger charge is -2.29. The molecule has 0 radical (unpaired) electrons. The van der Waals surface area contributed by atoms with Crippen molar-refractivity contribution in [2.24, 2.45) is 0 Å². The third-order valence-electron chi connectivity index (χ3n) is 4.11. The highest BCUT2D eigenvalue weighted by Crippen LogP contribution is 2.32. The molecule has 2 aromatic rings. The van der Waals surface area contributed by atoms with Crippen LogP contribution in [0.2, 0.25) is 0 Å². The highest BCUT2D eigenvalue weighted by atomic mass is 32.2. The van der Waals surface area contributed by atoms with Gasteiger partial charge in [-0.3, -0.25) is 0 Å². The van der Waals surface area contributed by atoms with Crippen molar-refractivity contribution in [3.05, 3.63) is 35.5 Å². The fourth-order valence-corrected chi connectivity index (χ4v) is 3.82. The van der Waals surface area contributed by atoms with Crippen LogP contribution < -0.4 is 4.90 Å². The third-order valence-corrected chi connectivity index (χ3v) is 5.49. The number of fused-ring (bicyclic) bond motifs is 1. The molecule has 1 N–H and O–H groups in total. The number of phenols is 1. The van der Waals surface area contributed by atoms with Gasteiger partial charge in [-0.15, -0.1) is 0 Å². The van der Waals surface area contributed by atoms with Gasteiger partial charge in [-0.25, -0.2) is 18.5 Å². The van der Waals surface area contributed by atoms with Gasteiger partial charge >= 0.3 is 0 Å². The Bertz CT molecular complexity index is 780. The minimum absolute atomic E-state index is 0.159. The van der Waals surface area contributed by atoms with Gasteiger partial charge in [-0.05, 0) is 18.6 Å². The Balaban J connectivity index is 0.00000117. The molecular weight excluding hydrogens is 348 g/mol. The number of nitrogens with zero attached hydrogens (tertiary/aromatic N) is 4. The van der Waals surface area contributed by atoms with Crippen LogP contribution >= 0.6 is 0 Å². The third kappa shape index (κ3) is 4.22. The number of rotatable bonds is 4. The summed E-state index contributed by atoms with van der Waals surface area (Å²) in [6.45, 7) is 7.21. The number of anilines is 1. The van der Waals surface area contributed by atoms with Crippen LogP contribution in [0.15, 0.2) is 24.3 Å². The summed E-state index contributed by atoms with van der Waals surface area (Å²) in [5.74, 6) is 2.12. The highest BCUT2D eigenvalue weighted by molar-refractivity contribution is 7.82. The van der Waals surface area contributed by atoms with E-state index >= 15 is 0 Å². The zero-order chi connectivity index (χ0) is 19.3. The molecule has 0 bridgehead atoms. The fraction of sp³-hybridized carbons (Fsp3) is 0.474. The van der Waals surface area contributed by atoms with Gasteiger partial charge in [0.2, 0.25) is 0 Å². The zero-order valence-corrected chi connectivity index (χ0v) is 17.0. The summed E-state index contributed by atoms with van der Waals surface area (Å²) in [5.41, 5.74) is 2.60. The minimum atomic E-state index is -0.984. The molecule has 2 heterocycles. The first kappa shape index (κ1) is 20.3. The van der Waals surface area contributed by atoms with Crippen molar-refractivity contribution < 1.29 is 9.32 Å². The topological polar surface area (TPSA) is 69.6 Å². The molecule has 1 unspecified atom stereocenters. The van der Waals surface area contributed by atoms with Crippen LogP contribution in [0.25, 0.3) is 11.4 Å². The summed E-state index contributed by atoms with van der Waals surface area (Å²) in [6, 6.07) is 7.06. The van der Waals surface area contributed by atoms with E-state index in [4.69, 9.17) is 0 Å². The van der Waals surface area contributed by atoms with Crippen LogP contribution in [-0.2, 0) is 24.0 Å². The first-order valence-electron chi connectivity index (χ1n) is 9.00. The summed E-state index contributed by atoms with van der Waals surface area (Å²) in [7, 11) is 2.92. The van der Waals surface area contributed by atoms with E-state index in [2.05, 4.69) is 9.97 Å². The number of para-hydroxylation sites is 1. The van der Waals surface area contributed by atoms with Crippen LogP contribution in [0.3, 0.4) is 0 Å². The maximum absolute atomic E-state index is 12.1. The Kier molecular flexibility index (Phi) is 7.11. The van der Waals surface area contributed by atoms with Gasteiger partial charge in [0.15, 0.2) is 5.82 Å². The fourth-order valence-electron chi connectivity index (χ4n) is 2.90. The van der Waals surface area contributed by atoms with Crippen molar-refractivity contribution in [1.82, 2.24) is 14.3 Å². The van der Waals surface area contributed by atoms with Gasteiger partial charge < -0.3 is 10.0 Å². The Labute approximate surface area is 158 Å². The molecule has 142 valence electrons. The van der Waals surface area contributed by atoms with Gasteiger partial charge in [-0.2, -0.15) is 0 Å². The first-order valence-corrected chi connectivity index (χ1v) is 10.3. The Hall–Kier alpha value is -1.99. The molecule has 1 atom stereocenters. The smallest absolute Gasteiger partial charge is 0.165 e. The van der Waals surface area contributed by atoms with E-state index in [-0.39, 0.29) is 5.75 Å². The number of phenolic OH excluding ortho intramolecular Hbond substituents is 1. The van der Waals surface area contributed by atoms with E-state index in [0.717, 1.165) is 30.0 Å². The molecule has 1 aliphatic rings. The van der Waals surface area contributed by atoms with Gasteiger partial charge in [-0.1, -0.05) is 32.9 Å². The number of hydrogen-bond donors (Lipinski definition) is 1. The standard InChI is InChI=1S/C17H22N4O2S.C2H6/c1-4-24(23)21-10-9-12-14(11-21)18-16(19-17(12)20(2)3)13-7-5-6-8-15(13)22;1-2/h5-8,22H,4,9-11H2,1-3H3;1-2H3. The summed E-state index contributed by atoms with van der Waals surface area (Å²) in [4.78, 5) is 11.3. The monoisotopic (exact) mass is 376 g/mol. The maximum Gasteiger partial charge on any atom is 0.165 e. The van der Waals surface area contributed by atoms with Crippen LogP contribution in [0, 0.1) is 0 Å². The second-order valence-corrected chi connectivity index (χ2v) is 7.67. The molecule has 0 aliphatic carbocycles. The molecule has 0 saturated heterocycles. The second kappa shape index (κ2) is 9.09. The molecule has 0 fully saturated rings. The van der Waals surface area contributed by atoms with Gasteiger partial charge in [0.1, 0.15) is 11.6 Å². The van der Waals surface area contributed by atoms with Crippen LogP contribution in [-0.4, -0.2) is 50.0 Å². The molecule has 1 aromatic heterocycles. The Morgan fingerprint density at radius 3 is 2.54 bits per heavy atom. The average Bonchev–Trinajstić information content (AvgIpc) is 2.67. The number of hydrogen-bond acceptors (Lipinski definition) is 5. The van der Waals surface area contributed by atoms with Crippen LogP contribution in [0.1, 0.15) is 32.0 Å². The normalized spacial score (nSPS) is 14.8. The quantitative estimate of drug-likeness (QED) is 0.888. The molecule has 1 aliphatic heterocycles. The van der Waals surface area contributed by atoms with Crippen LogP contribution in [0.4, 0.5) is 5.82 Å². The van der Waals surface area contributed by atoms with E-state index in [9.17, 15) is 9.32 Å². The van der Waals surface area contributed by atoms with Gasteiger partial charge in [0.25, 0.3) is 0 Å². The lowest BCUT2D eigenvalue weighted by molar-refractivity contribution is 0.413. The molecule has 0 spiro atoms. The maximum atomic E-state index is 12.1. The lowest BCUT2D eigenvalue weighted by atomic mass is 10.1. The summed E-state index contributed by atoms with van der Waals surface area (Å²) >= 11 is 0. The molecule has 1 aromatic carbocycles. The summed E-state index contributed by atoms with van der Waals surface area (Å²) in [6.07, 6.45) is 0.773. The van der Waals surface area contributed by atoms with Crippen molar-refractivity contribution in [1.29, 1.82) is 0 Å². The Morgan fingerprint density at radius 1 is 1.23 bits per heavy atom. The van der Waals surface area contributed by atoms with E-state index < -0.39 is 11.0 Å². The molecule has 7 heteroatoms. The van der Waals surface area contributed by atoms with Crippen molar-refractivity contribution in [2.45, 2.75) is 33.7 Å². The average molecular weight is 377 g/mol.